The Morgan fingerprint density at radius 2 is 2.09 bits per heavy atom. The number of amides is 1. The molecule has 2 fully saturated rings. The smallest absolute Gasteiger partial charge is 0.411 e. The van der Waals surface area contributed by atoms with Crippen LogP contribution >= 0.6 is 22.6 Å². The molecule has 132 valence electrons. The third-order valence-electron chi connectivity index (χ3n) is 4.35. The van der Waals surface area contributed by atoms with Crippen LogP contribution in [-0.2, 0) is 14.3 Å². The molecular weight excluding hydrogens is 413 g/mol. The molecule has 2 aliphatic heterocycles. The van der Waals surface area contributed by atoms with Gasteiger partial charge in [-0.15, -0.1) is 0 Å². The largest absolute Gasteiger partial charge is 0.444 e. The number of hydrogen-bond donors (Lipinski definition) is 1. The van der Waals surface area contributed by atoms with Gasteiger partial charge in [-0.1, -0.05) is 22.6 Å². The summed E-state index contributed by atoms with van der Waals surface area (Å²) >= 11 is 2.37. The maximum atomic E-state index is 12.5. The molecule has 0 unspecified atom stereocenters. The fourth-order valence-electron chi connectivity index (χ4n) is 3.36. The number of nitrogens with zero attached hydrogens (tertiary/aromatic N) is 1. The van der Waals surface area contributed by atoms with Crippen LogP contribution in [0.5, 0.6) is 0 Å². The number of halogens is 1. The minimum absolute atomic E-state index is 0.116. The quantitative estimate of drug-likeness (QED) is 0.538. The maximum Gasteiger partial charge on any atom is 0.411 e. The number of aliphatic hydroxyl groups excluding tert-OH is 1. The Morgan fingerprint density at radius 1 is 1.39 bits per heavy atom. The van der Waals surface area contributed by atoms with Crippen molar-refractivity contribution in [3.05, 3.63) is 0 Å². The molecule has 2 heterocycles. The topological polar surface area (TPSA) is 76.1 Å². The number of rotatable bonds is 3. The molecule has 2 aliphatic rings. The molecular formula is C16H26INO5. The number of likely N-dealkylation sites (tertiary alicyclic amines) is 1. The summed E-state index contributed by atoms with van der Waals surface area (Å²) in [5.74, 6) is 0.274. The molecule has 0 aromatic heterocycles. The third kappa shape index (κ3) is 4.57. The van der Waals surface area contributed by atoms with Gasteiger partial charge in [0.05, 0.1) is 6.10 Å². The second kappa shape index (κ2) is 7.65. The van der Waals surface area contributed by atoms with Crippen LogP contribution in [0.3, 0.4) is 0 Å². The van der Waals surface area contributed by atoms with Crippen LogP contribution in [0.1, 0.15) is 33.6 Å². The summed E-state index contributed by atoms with van der Waals surface area (Å²) in [7, 11) is 0. The van der Waals surface area contributed by atoms with Gasteiger partial charge in [-0.3, -0.25) is 9.69 Å². The monoisotopic (exact) mass is 439 g/mol. The van der Waals surface area contributed by atoms with Gasteiger partial charge in [0.1, 0.15) is 18.2 Å². The van der Waals surface area contributed by atoms with Gasteiger partial charge in [0.25, 0.3) is 0 Å². The molecule has 7 heteroatoms. The van der Waals surface area contributed by atoms with Crippen LogP contribution in [0.2, 0.25) is 0 Å². The minimum atomic E-state index is -0.743. The van der Waals surface area contributed by atoms with E-state index in [2.05, 4.69) is 22.6 Å². The highest BCUT2D eigenvalue weighted by molar-refractivity contribution is 14.1. The molecule has 0 aromatic carbocycles. The Labute approximate surface area is 151 Å². The lowest BCUT2D eigenvalue weighted by Crippen LogP contribution is -2.48. The summed E-state index contributed by atoms with van der Waals surface area (Å²) in [6.45, 7) is 5.83. The first kappa shape index (κ1) is 18.9. The van der Waals surface area contributed by atoms with Gasteiger partial charge in [-0.2, -0.15) is 0 Å². The van der Waals surface area contributed by atoms with Crippen molar-refractivity contribution in [1.82, 2.24) is 4.90 Å². The van der Waals surface area contributed by atoms with E-state index >= 15 is 0 Å². The van der Waals surface area contributed by atoms with E-state index in [0.29, 0.717) is 19.1 Å². The zero-order valence-corrected chi connectivity index (χ0v) is 16.1. The third-order valence-corrected chi connectivity index (χ3v) is 5.59. The van der Waals surface area contributed by atoms with Gasteiger partial charge in [-0.25, -0.2) is 4.79 Å². The standard InChI is InChI=1S/C16H26INO5/c1-16(2,3)23-15(21)18-8-11-6-10(7-17)4-5-22-14(11)13(18)12(20)9-19/h10-11,13-14,19H,4-9H2,1-3H3/t10-,11+,13-,14-/m1/s1. The van der Waals surface area contributed by atoms with Crippen LogP contribution < -0.4 is 0 Å². The van der Waals surface area contributed by atoms with Gasteiger partial charge in [0.15, 0.2) is 5.78 Å². The Hall–Kier alpha value is -0.410. The van der Waals surface area contributed by atoms with Crippen molar-refractivity contribution in [1.29, 1.82) is 0 Å². The van der Waals surface area contributed by atoms with Gasteiger partial charge in [0.2, 0.25) is 0 Å². The number of ketones is 1. The van der Waals surface area contributed by atoms with Gasteiger partial charge >= 0.3 is 6.09 Å². The number of fused-ring (bicyclic) bond motifs is 1. The summed E-state index contributed by atoms with van der Waals surface area (Å²) in [6.07, 6.45) is 1.06. The summed E-state index contributed by atoms with van der Waals surface area (Å²) in [5.41, 5.74) is -0.625. The molecule has 1 amide bonds. The van der Waals surface area contributed by atoms with Crippen molar-refractivity contribution in [2.24, 2.45) is 11.8 Å². The lowest BCUT2D eigenvalue weighted by atomic mass is 9.90. The van der Waals surface area contributed by atoms with E-state index in [1.54, 1.807) is 20.8 Å². The van der Waals surface area contributed by atoms with Crippen molar-refractivity contribution >= 4 is 34.5 Å². The molecule has 2 rings (SSSR count). The van der Waals surface area contributed by atoms with Crippen LogP contribution in [0.4, 0.5) is 4.79 Å². The average molecular weight is 439 g/mol. The summed E-state index contributed by atoms with van der Waals surface area (Å²) in [5, 5.41) is 9.30. The number of alkyl halides is 1. The highest BCUT2D eigenvalue weighted by Gasteiger charge is 2.50. The van der Waals surface area contributed by atoms with E-state index in [1.807, 2.05) is 0 Å². The van der Waals surface area contributed by atoms with Crippen molar-refractivity contribution in [2.75, 3.05) is 24.2 Å². The molecule has 23 heavy (non-hydrogen) atoms. The number of ether oxygens (including phenoxy) is 2. The molecule has 2 saturated heterocycles. The van der Waals surface area contributed by atoms with Crippen LogP contribution in [0.25, 0.3) is 0 Å². The number of carbonyl (C=O) groups is 2. The first-order valence-electron chi connectivity index (χ1n) is 8.07. The van der Waals surface area contributed by atoms with Crippen LogP contribution in [0.15, 0.2) is 0 Å². The zero-order chi connectivity index (χ0) is 17.2. The Bertz CT molecular complexity index is 450. The zero-order valence-electron chi connectivity index (χ0n) is 14.0. The molecule has 0 bridgehead atoms. The van der Waals surface area contributed by atoms with Gasteiger partial charge < -0.3 is 14.6 Å². The molecule has 4 atom stereocenters. The lowest BCUT2D eigenvalue weighted by molar-refractivity contribution is -0.130. The Morgan fingerprint density at radius 3 is 2.65 bits per heavy atom. The van der Waals surface area contributed by atoms with Gasteiger partial charge in [-0.05, 0) is 39.5 Å². The SMILES string of the molecule is CC(C)(C)OC(=O)N1C[C@@H]2C[C@H](CI)CCO[C@H]2[C@H]1C(=O)CO. The van der Waals surface area contributed by atoms with E-state index in [4.69, 9.17) is 9.47 Å². The molecule has 0 spiro atoms. The molecule has 6 nitrogen and oxygen atoms in total. The molecule has 0 saturated carbocycles. The summed E-state index contributed by atoms with van der Waals surface area (Å²) in [6, 6.07) is -0.743. The maximum absolute atomic E-state index is 12.5. The fraction of sp³-hybridized carbons (Fsp3) is 0.875. The van der Waals surface area contributed by atoms with E-state index < -0.39 is 24.3 Å². The Balaban J connectivity index is 2.21. The predicted molar refractivity (Wildman–Crippen MR) is 93.7 cm³/mol. The highest BCUT2D eigenvalue weighted by Crippen LogP contribution is 2.36. The summed E-state index contributed by atoms with van der Waals surface area (Å²) in [4.78, 5) is 26.2. The van der Waals surface area contributed by atoms with Crippen LogP contribution in [-0.4, -0.2) is 63.8 Å². The van der Waals surface area contributed by atoms with E-state index in [0.717, 1.165) is 17.3 Å². The molecule has 0 aliphatic carbocycles. The number of aliphatic hydroxyl groups is 1. The van der Waals surface area contributed by atoms with Crippen molar-refractivity contribution in [2.45, 2.75) is 51.4 Å². The first-order chi connectivity index (χ1) is 10.8. The minimum Gasteiger partial charge on any atom is -0.444 e. The number of carbonyl (C=O) groups excluding carboxylic acids is 2. The second-order valence-corrected chi connectivity index (χ2v) is 8.22. The van der Waals surface area contributed by atoms with E-state index in [9.17, 15) is 14.7 Å². The molecule has 0 radical (unpaired) electrons. The number of Topliss-reactive ketones (excluding diaryl/α,β-unsaturated/α-hetero) is 1. The van der Waals surface area contributed by atoms with Crippen LogP contribution in [0, 0.1) is 11.8 Å². The van der Waals surface area contributed by atoms with Gasteiger partial charge in [0, 0.05) is 23.5 Å². The fourth-order valence-corrected chi connectivity index (χ4v) is 4.16. The van der Waals surface area contributed by atoms with E-state index in [-0.39, 0.29) is 17.8 Å². The average Bonchev–Trinajstić information content (AvgIpc) is 2.70. The first-order valence-corrected chi connectivity index (χ1v) is 9.60. The van der Waals surface area contributed by atoms with Crippen molar-refractivity contribution < 1.29 is 24.2 Å². The second-order valence-electron chi connectivity index (χ2n) is 7.34. The normalized spacial score (nSPS) is 31.4. The molecule has 0 aromatic rings. The Kier molecular flexibility index (Phi) is 6.29. The number of hydrogen-bond acceptors (Lipinski definition) is 5. The lowest BCUT2D eigenvalue weighted by Gasteiger charge is -2.29. The van der Waals surface area contributed by atoms with Crippen molar-refractivity contribution in [3.8, 4) is 0 Å². The highest BCUT2D eigenvalue weighted by atomic mass is 127. The predicted octanol–water partition coefficient (Wildman–Crippen LogP) is 2.01. The molecule has 1 N–H and O–H groups in total. The van der Waals surface area contributed by atoms with E-state index in [1.165, 1.54) is 4.90 Å². The van der Waals surface area contributed by atoms with Crippen molar-refractivity contribution in [3.63, 3.8) is 0 Å². The summed E-state index contributed by atoms with van der Waals surface area (Å²) < 4.78 is 12.4.